The Hall–Kier alpha value is -0.500. The molecule has 0 radical (unpaired) electrons. The van der Waals surface area contributed by atoms with E-state index in [4.69, 9.17) is 0 Å². The van der Waals surface area contributed by atoms with Gasteiger partial charge in [-0.2, -0.15) is 0 Å². The zero-order chi connectivity index (χ0) is 9.14. The van der Waals surface area contributed by atoms with Crippen LogP contribution in [0.3, 0.4) is 0 Å². The largest absolute Gasteiger partial charge is 0.325 e. The Morgan fingerprint density at radius 1 is 1.08 bits per heavy atom. The van der Waals surface area contributed by atoms with Crippen LogP contribution >= 0.6 is 0 Å². The first-order valence-corrected chi connectivity index (χ1v) is 4.84. The van der Waals surface area contributed by atoms with Gasteiger partial charge in [0.2, 0.25) is 0 Å². The van der Waals surface area contributed by atoms with Gasteiger partial charge in [-0.05, 0) is 23.8 Å². The number of rotatable bonds is 2. The van der Waals surface area contributed by atoms with Crippen LogP contribution in [0.25, 0.3) is 0 Å². The normalized spacial score (nSPS) is 18.8. The SMILES string of the molecule is CC(C)C1=C(C(C)C)NNCC1. The third kappa shape index (κ3) is 2.01. The lowest BCUT2D eigenvalue weighted by Gasteiger charge is -2.27. The highest BCUT2D eigenvalue weighted by Crippen LogP contribution is 2.23. The van der Waals surface area contributed by atoms with Crippen LogP contribution in [0, 0.1) is 11.8 Å². The van der Waals surface area contributed by atoms with E-state index in [0.29, 0.717) is 11.8 Å². The van der Waals surface area contributed by atoms with Crippen molar-refractivity contribution in [3.05, 3.63) is 11.3 Å². The van der Waals surface area contributed by atoms with Gasteiger partial charge in [-0.15, -0.1) is 0 Å². The molecule has 0 saturated heterocycles. The predicted octanol–water partition coefficient (Wildman–Crippen LogP) is 2.05. The van der Waals surface area contributed by atoms with Crippen LogP contribution in [0.1, 0.15) is 34.1 Å². The lowest BCUT2D eigenvalue weighted by Crippen LogP contribution is -2.39. The quantitative estimate of drug-likeness (QED) is 0.659. The van der Waals surface area contributed by atoms with Gasteiger partial charge in [0.1, 0.15) is 0 Å². The first kappa shape index (κ1) is 9.59. The molecule has 0 spiro atoms. The number of nitrogens with one attached hydrogen (secondary N) is 2. The molecule has 1 rings (SSSR count). The maximum atomic E-state index is 3.28. The Bertz CT molecular complexity index is 160. The minimum atomic E-state index is 0.607. The molecule has 2 N–H and O–H groups in total. The summed E-state index contributed by atoms with van der Waals surface area (Å²) in [5, 5.41) is 0. The number of hydrogen-bond acceptors (Lipinski definition) is 2. The lowest BCUT2D eigenvalue weighted by atomic mass is 9.92. The number of hydrogen-bond donors (Lipinski definition) is 2. The highest BCUT2D eigenvalue weighted by Gasteiger charge is 2.16. The van der Waals surface area contributed by atoms with Crippen molar-refractivity contribution < 1.29 is 0 Å². The second-order valence-corrected chi connectivity index (χ2v) is 4.05. The Kier molecular flexibility index (Phi) is 3.15. The average Bonchev–Trinajstić information content (AvgIpc) is 2.04. The molecule has 0 saturated carbocycles. The smallest absolute Gasteiger partial charge is 0.0282 e. The first-order valence-electron chi connectivity index (χ1n) is 4.84. The number of hydrazine groups is 1. The van der Waals surface area contributed by atoms with Crippen LogP contribution < -0.4 is 10.9 Å². The molecule has 0 atom stereocenters. The Balaban J connectivity index is 2.83. The molecule has 2 heteroatoms. The van der Waals surface area contributed by atoms with Gasteiger partial charge in [-0.1, -0.05) is 27.7 Å². The summed E-state index contributed by atoms with van der Waals surface area (Å²) in [5.41, 5.74) is 9.46. The highest BCUT2D eigenvalue weighted by atomic mass is 15.4. The second kappa shape index (κ2) is 3.94. The molecule has 1 aliphatic heterocycles. The highest BCUT2D eigenvalue weighted by molar-refractivity contribution is 5.18. The van der Waals surface area contributed by atoms with Gasteiger partial charge in [0.25, 0.3) is 0 Å². The Labute approximate surface area is 75.4 Å². The van der Waals surface area contributed by atoms with Crippen molar-refractivity contribution >= 4 is 0 Å². The molecule has 1 heterocycles. The molecule has 0 aromatic heterocycles. The van der Waals surface area contributed by atoms with Crippen LogP contribution in [0.4, 0.5) is 0 Å². The zero-order valence-electron chi connectivity index (χ0n) is 8.57. The van der Waals surface area contributed by atoms with E-state index in [-0.39, 0.29) is 0 Å². The second-order valence-electron chi connectivity index (χ2n) is 4.05. The fourth-order valence-electron chi connectivity index (χ4n) is 1.68. The fourth-order valence-corrected chi connectivity index (χ4v) is 1.68. The summed E-state index contributed by atoms with van der Waals surface area (Å²) in [5.74, 6) is 1.28. The van der Waals surface area contributed by atoms with E-state index in [1.807, 2.05) is 0 Å². The average molecular weight is 168 g/mol. The fraction of sp³-hybridized carbons (Fsp3) is 0.800. The summed E-state index contributed by atoms with van der Waals surface area (Å²) in [6.07, 6.45) is 1.19. The first-order chi connectivity index (χ1) is 5.63. The van der Waals surface area contributed by atoms with Crippen molar-refractivity contribution in [2.75, 3.05) is 6.54 Å². The summed E-state index contributed by atoms with van der Waals surface area (Å²) in [4.78, 5) is 0. The van der Waals surface area contributed by atoms with E-state index in [2.05, 4.69) is 38.5 Å². The third-order valence-corrected chi connectivity index (χ3v) is 2.36. The molecule has 1 aliphatic rings. The van der Waals surface area contributed by atoms with E-state index >= 15 is 0 Å². The molecule has 0 bridgehead atoms. The van der Waals surface area contributed by atoms with Gasteiger partial charge in [0.15, 0.2) is 0 Å². The molecule has 0 fully saturated rings. The van der Waals surface area contributed by atoms with Crippen molar-refractivity contribution in [2.45, 2.75) is 34.1 Å². The predicted molar refractivity (Wildman–Crippen MR) is 52.5 cm³/mol. The van der Waals surface area contributed by atoms with Crippen LogP contribution in [0.2, 0.25) is 0 Å². The van der Waals surface area contributed by atoms with E-state index in [1.54, 1.807) is 5.57 Å². The maximum absolute atomic E-state index is 3.28. The summed E-state index contributed by atoms with van der Waals surface area (Å²) in [7, 11) is 0. The minimum absolute atomic E-state index is 0.607. The standard InChI is InChI=1S/C10H20N2/c1-7(2)9-5-6-11-12-10(9)8(3)4/h7-8,11-12H,5-6H2,1-4H3. The van der Waals surface area contributed by atoms with Gasteiger partial charge >= 0.3 is 0 Å². The maximum Gasteiger partial charge on any atom is 0.0282 e. The van der Waals surface area contributed by atoms with Crippen LogP contribution in [-0.2, 0) is 0 Å². The summed E-state index contributed by atoms with van der Waals surface area (Å²) in [6, 6.07) is 0. The van der Waals surface area contributed by atoms with E-state index in [9.17, 15) is 0 Å². The summed E-state index contributed by atoms with van der Waals surface area (Å²) in [6.45, 7) is 10.1. The molecule has 0 unspecified atom stereocenters. The molecule has 0 aromatic carbocycles. The molecular formula is C10H20N2. The topological polar surface area (TPSA) is 24.1 Å². The van der Waals surface area contributed by atoms with E-state index < -0.39 is 0 Å². The molecule has 0 aromatic rings. The van der Waals surface area contributed by atoms with Gasteiger partial charge in [0, 0.05) is 12.2 Å². The van der Waals surface area contributed by atoms with Crippen molar-refractivity contribution in [3.8, 4) is 0 Å². The molecule has 2 nitrogen and oxygen atoms in total. The van der Waals surface area contributed by atoms with E-state index in [1.165, 1.54) is 12.1 Å². The molecular weight excluding hydrogens is 148 g/mol. The van der Waals surface area contributed by atoms with E-state index in [0.717, 1.165) is 6.54 Å². The third-order valence-electron chi connectivity index (χ3n) is 2.36. The molecule has 0 aliphatic carbocycles. The van der Waals surface area contributed by atoms with Gasteiger partial charge < -0.3 is 5.43 Å². The van der Waals surface area contributed by atoms with Gasteiger partial charge in [-0.3, -0.25) is 0 Å². The minimum Gasteiger partial charge on any atom is -0.325 e. The number of allylic oxidation sites excluding steroid dienone is 1. The van der Waals surface area contributed by atoms with Crippen molar-refractivity contribution in [2.24, 2.45) is 11.8 Å². The van der Waals surface area contributed by atoms with Gasteiger partial charge in [0.05, 0.1) is 0 Å². The Morgan fingerprint density at radius 3 is 2.17 bits per heavy atom. The molecule has 70 valence electrons. The van der Waals surface area contributed by atoms with Crippen LogP contribution in [0.5, 0.6) is 0 Å². The van der Waals surface area contributed by atoms with Crippen LogP contribution in [-0.4, -0.2) is 6.54 Å². The molecule has 0 amide bonds. The Morgan fingerprint density at radius 2 is 1.75 bits per heavy atom. The van der Waals surface area contributed by atoms with Gasteiger partial charge in [-0.25, -0.2) is 5.43 Å². The monoisotopic (exact) mass is 168 g/mol. The van der Waals surface area contributed by atoms with Crippen molar-refractivity contribution in [1.82, 2.24) is 10.9 Å². The summed E-state index contributed by atoms with van der Waals surface area (Å²) >= 11 is 0. The molecule has 12 heavy (non-hydrogen) atoms. The lowest BCUT2D eigenvalue weighted by molar-refractivity contribution is 0.474. The van der Waals surface area contributed by atoms with Crippen LogP contribution in [0.15, 0.2) is 11.3 Å². The van der Waals surface area contributed by atoms with Crippen molar-refractivity contribution in [3.63, 3.8) is 0 Å². The zero-order valence-corrected chi connectivity index (χ0v) is 8.57. The van der Waals surface area contributed by atoms with Crippen molar-refractivity contribution in [1.29, 1.82) is 0 Å². The summed E-state index contributed by atoms with van der Waals surface area (Å²) < 4.78 is 0.